The summed E-state index contributed by atoms with van der Waals surface area (Å²) >= 11 is 5.83. The number of hydrazine groups is 1. The van der Waals surface area contributed by atoms with Gasteiger partial charge in [-0.05, 0) is 40.8 Å². The van der Waals surface area contributed by atoms with Crippen molar-refractivity contribution in [2.75, 3.05) is 0 Å². The summed E-state index contributed by atoms with van der Waals surface area (Å²) in [5.74, 6) is -0.144. The molecule has 0 radical (unpaired) electrons. The second-order valence-corrected chi connectivity index (χ2v) is 6.70. The molecule has 3 nitrogen and oxygen atoms in total. The Balaban J connectivity index is 1.88. The molecule has 0 unspecified atom stereocenters. The largest absolute Gasteiger partial charge is 0.287 e. The van der Waals surface area contributed by atoms with Gasteiger partial charge in [0.15, 0.2) is 0 Å². The van der Waals surface area contributed by atoms with Gasteiger partial charge in [-0.15, -0.1) is 0 Å². The number of carbonyl (C=O) groups excluding carboxylic acids is 1. The molecular formula is C18H21ClN2O. The number of nitrogens with one attached hydrogen (secondary N) is 2. The Kier molecular flexibility index (Phi) is 5.22. The molecule has 0 saturated heterocycles. The maximum atomic E-state index is 12.1. The van der Waals surface area contributed by atoms with Crippen LogP contribution in [0.5, 0.6) is 0 Å². The molecule has 0 atom stereocenters. The van der Waals surface area contributed by atoms with Gasteiger partial charge in [0.05, 0.1) is 0 Å². The lowest BCUT2D eigenvalue weighted by Crippen LogP contribution is -2.36. The third-order valence-electron chi connectivity index (χ3n) is 3.42. The van der Waals surface area contributed by atoms with Crippen LogP contribution in [0.15, 0.2) is 48.5 Å². The van der Waals surface area contributed by atoms with Crippen LogP contribution in [0.3, 0.4) is 0 Å². The minimum Gasteiger partial charge on any atom is -0.287 e. The van der Waals surface area contributed by atoms with Gasteiger partial charge >= 0.3 is 0 Å². The van der Waals surface area contributed by atoms with Crippen LogP contribution in [0.1, 0.15) is 42.3 Å². The Hall–Kier alpha value is -1.84. The number of hydrogen-bond acceptors (Lipinski definition) is 2. The fourth-order valence-corrected chi connectivity index (χ4v) is 2.15. The third kappa shape index (κ3) is 4.58. The van der Waals surface area contributed by atoms with Gasteiger partial charge in [-0.2, -0.15) is 0 Å². The van der Waals surface area contributed by atoms with E-state index >= 15 is 0 Å². The van der Waals surface area contributed by atoms with Crippen LogP contribution >= 0.6 is 11.6 Å². The van der Waals surface area contributed by atoms with E-state index in [1.807, 2.05) is 48.5 Å². The van der Waals surface area contributed by atoms with Gasteiger partial charge < -0.3 is 0 Å². The molecule has 0 spiro atoms. The number of halogens is 1. The van der Waals surface area contributed by atoms with Crippen molar-refractivity contribution in [1.29, 1.82) is 0 Å². The van der Waals surface area contributed by atoms with Crippen LogP contribution in [-0.2, 0) is 12.0 Å². The van der Waals surface area contributed by atoms with Crippen LogP contribution < -0.4 is 10.9 Å². The van der Waals surface area contributed by atoms with E-state index in [-0.39, 0.29) is 11.3 Å². The first-order valence-electron chi connectivity index (χ1n) is 7.24. The number of amides is 1. The molecule has 0 aliphatic carbocycles. The molecule has 0 fully saturated rings. The fourth-order valence-electron chi connectivity index (χ4n) is 2.02. The summed E-state index contributed by atoms with van der Waals surface area (Å²) in [4.78, 5) is 12.1. The topological polar surface area (TPSA) is 41.1 Å². The van der Waals surface area contributed by atoms with Crippen molar-refractivity contribution in [2.45, 2.75) is 32.7 Å². The summed E-state index contributed by atoms with van der Waals surface area (Å²) in [7, 11) is 0. The number of rotatable bonds is 4. The van der Waals surface area contributed by atoms with Crippen LogP contribution in [0.4, 0.5) is 0 Å². The van der Waals surface area contributed by atoms with Crippen molar-refractivity contribution in [1.82, 2.24) is 10.9 Å². The van der Waals surface area contributed by atoms with E-state index < -0.39 is 0 Å². The summed E-state index contributed by atoms with van der Waals surface area (Å²) in [5.41, 5.74) is 8.60. The molecule has 0 heterocycles. The average Bonchev–Trinajstić information content (AvgIpc) is 2.48. The lowest BCUT2D eigenvalue weighted by atomic mass is 9.87. The SMILES string of the molecule is CC(C)(C)c1ccc(C(=O)NNCc2ccc(Cl)cc2)cc1. The van der Waals surface area contributed by atoms with Crippen molar-refractivity contribution in [2.24, 2.45) is 0 Å². The first-order chi connectivity index (χ1) is 10.4. The molecule has 0 aliphatic heterocycles. The van der Waals surface area contributed by atoms with Crippen LogP contribution in [0, 0.1) is 0 Å². The summed E-state index contributed by atoms with van der Waals surface area (Å²) in [6, 6.07) is 15.2. The van der Waals surface area contributed by atoms with Gasteiger partial charge in [-0.1, -0.05) is 56.6 Å². The quantitative estimate of drug-likeness (QED) is 0.835. The molecule has 2 aromatic rings. The predicted molar refractivity (Wildman–Crippen MR) is 90.9 cm³/mol. The minimum atomic E-state index is -0.144. The maximum Gasteiger partial charge on any atom is 0.265 e. The molecule has 2 N–H and O–H groups in total. The molecule has 4 heteroatoms. The van der Waals surface area contributed by atoms with E-state index in [0.29, 0.717) is 17.1 Å². The van der Waals surface area contributed by atoms with Crippen molar-refractivity contribution in [3.8, 4) is 0 Å². The monoisotopic (exact) mass is 316 g/mol. The maximum absolute atomic E-state index is 12.1. The Bertz CT molecular complexity index is 628. The molecule has 2 aromatic carbocycles. The molecular weight excluding hydrogens is 296 g/mol. The lowest BCUT2D eigenvalue weighted by molar-refractivity contribution is 0.0932. The molecule has 0 bridgehead atoms. The van der Waals surface area contributed by atoms with Crippen molar-refractivity contribution >= 4 is 17.5 Å². The standard InChI is InChI=1S/C18H21ClN2O/c1-18(2,3)15-8-6-14(7-9-15)17(22)21-20-12-13-4-10-16(19)11-5-13/h4-11,20H,12H2,1-3H3,(H,21,22). The number of hydrogen-bond donors (Lipinski definition) is 2. The van der Waals surface area contributed by atoms with E-state index in [9.17, 15) is 4.79 Å². The number of benzene rings is 2. The van der Waals surface area contributed by atoms with Gasteiger partial charge in [0.1, 0.15) is 0 Å². The highest BCUT2D eigenvalue weighted by atomic mass is 35.5. The fraction of sp³-hybridized carbons (Fsp3) is 0.278. The highest BCUT2D eigenvalue weighted by molar-refractivity contribution is 6.30. The van der Waals surface area contributed by atoms with E-state index in [2.05, 4.69) is 31.6 Å². The summed E-state index contributed by atoms with van der Waals surface area (Å²) < 4.78 is 0. The second kappa shape index (κ2) is 6.95. The molecule has 2 rings (SSSR count). The predicted octanol–water partition coefficient (Wildman–Crippen LogP) is 4.07. The summed E-state index contributed by atoms with van der Waals surface area (Å²) in [6.07, 6.45) is 0. The molecule has 1 amide bonds. The molecule has 0 aliphatic rings. The average molecular weight is 317 g/mol. The van der Waals surface area contributed by atoms with Crippen molar-refractivity contribution < 1.29 is 4.79 Å². The zero-order valence-corrected chi connectivity index (χ0v) is 13.9. The van der Waals surface area contributed by atoms with Crippen molar-refractivity contribution in [3.05, 3.63) is 70.2 Å². The molecule has 0 aromatic heterocycles. The van der Waals surface area contributed by atoms with Gasteiger partial charge in [-0.3, -0.25) is 10.2 Å². The molecule has 116 valence electrons. The minimum absolute atomic E-state index is 0.0852. The number of carbonyl (C=O) groups is 1. The van der Waals surface area contributed by atoms with Gasteiger partial charge in [0, 0.05) is 17.1 Å². The summed E-state index contributed by atoms with van der Waals surface area (Å²) in [6.45, 7) is 6.99. The van der Waals surface area contributed by atoms with Gasteiger partial charge in [0.25, 0.3) is 5.91 Å². The highest BCUT2D eigenvalue weighted by Gasteiger charge is 2.14. The Labute approximate surface area is 136 Å². The van der Waals surface area contributed by atoms with E-state index in [1.54, 1.807) is 0 Å². The van der Waals surface area contributed by atoms with Crippen molar-refractivity contribution in [3.63, 3.8) is 0 Å². The van der Waals surface area contributed by atoms with E-state index in [0.717, 1.165) is 5.56 Å². The van der Waals surface area contributed by atoms with Gasteiger partial charge in [0.2, 0.25) is 0 Å². The van der Waals surface area contributed by atoms with Crippen LogP contribution in [0.2, 0.25) is 5.02 Å². The second-order valence-electron chi connectivity index (χ2n) is 6.26. The zero-order chi connectivity index (χ0) is 16.2. The van der Waals surface area contributed by atoms with Gasteiger partial charge in [-0.25, -0.2) is 5.43 Å². The summed E-state index contributed by atoms with van der Waals surface area (Å²) in [5, 5.41) is 0.701. The lowest BCUT2D eigenvalue weighted by Gasteiger charge is -2.19. The van der Waals surface area contributed by atoms with Crippen LogP contribution in [0.25, 0.3) is 0 Å². The molecule has 0 saturated carbocycles. The Morgan fingerprint density at radius 1 is 1.00 bits per heavy atom. The normalized spacial score (nSPS) is 11.3. The van der Waals surface area contributed by atoms with E-state index in [1.165, 1.54) is 5.56 Å². The smallest absolute Gasteiger partial charge is 0.265 e. The van der Waals surface area contributed by atoms with E-state index in [4.69, 9.17) is 11.6 Å². The first kappa shape index (κ1) is 16.5. The van der Waals surface area contributed by atoms with Crippen LogP contribution in [-0.4, -0.2) is 5.91 Å². The Morgan fingerprint density at radius 2 is 1.59 bits per heavy atom. The zero-order valence-electron chi connectivity index (χ0n) is 13.1. The highest BCUT2D eigenvalue weighted by Crippen LogP contribution is 2.22. The first-order valence-corrected chi connectivity index (χ1v) is 7.62. The molecule has 22 heavy (non-hydrogen) atoms. The Morgan fingerprint density at radius 3 is 2.14 bits per heavy atom. The third-order valence-corrected chi connectivity index (χ3v) is 3.67.